The molecular weight excluding hydrogens is 246 g/mol. The highest BCUT2D eigenvalue weighted by Gasteiger charge is 2.16. The summed E-state index contributed by atoms with van der Waals surface area (Å²) in [5.74, 6) is 0. The molecule has 2 unspecified atom stereocenters. The van der Waals surface area contributed by atoms with Crippen LogP contribution in [-0.2, 0) is 11.2 Å². The number of hydrogen-bond donors (Lipinski definition) is 1. The van der Waals surface area contributed by atoms with E-state index in [1.165, 1.54) is 50.5 Å². The first kappa shape index (κ1) is 15.5. The van der Waals surface area contributed by atoms with Gasteiger partial charge in [0.25, 0.3) is 0 Å². The predicted octanol–water partition coefficient (Wildman–Crippen LogP) is 3.95. The number of rotatable bonds is 9. The van der Waals surface area contributed by atoms with Crippen LogP contribution in [0.15, 0.2) is 30.3 Å². The van der Waals surface area contributed by atoms with Gasteiger partial charge in [-0.05, 0) is 57.1 Å². The van der Waals surface area contributed by atoms with Gasteiger partial charge >= 0.3 is 0 Å². The van der Waals surface area contributed by atoms with Crippen LogP contribution in [-0.4, -0.2) is 25.3 Å². The summed E-state index contributed by atoms with van der Waals surface area (Å²) in [6, 6.07) is 11.5. The van der Waals surface area contributed by atoms with Gasteiger partial charge in [0.2, 0.25) is 0 Å². The third-order valence-electron chi connectivity index (χ3n) is 4.22. The fourth-order valence-corrected chi connectivity index (χ4v) is 3.09. The van der Waals surface area contributed by atoms with Gasteiger partial charge in [-0.15, -0.1) is 0 Å². The van der Waals surface area contributed by atoms with E-state index in [2.05, 4.69) is 42.6 Å². The van der Waals surface area contributed by atoms with E-state index in [0.29, 0.717) is 12.1 Å². The fraction of sp³-hybridized carbons (Fsp3) is 0.667. The lowest BCUT2D eigenvalue weighted by Crippen LogP contribution is -2.29. The molecule has 2 rings (SSSR count). The zero-order valence-electron chi connectivity index (χ0n) is 12.8. The molecule has 1 fully saturated rings. The molecule has 2 atom stereocenters. The minimum atomic E-state index is 0.548. The van der Waals surface area contributed by atoms with Crippen LogP contribution in [0.2, 0.25) is 0 Å². The normalized spacial score (nSPS) is 20.1. The summed E-state index contributed by atoms with van der Waals surface area (Å²) in [6.07, 6.45) is 9.31. The second-order valence-electron chi connectivity index (χ2n) is 5.84. The van der Waals surface area contributed by atoms with Crippen LogP contribution in [0.4, 0.5) is 0 Å². The SMILES string of the molecule is CCNC(CCCC1CCCO1)CCc1ccccc1. The highest BCUT2D eigenvalue weighted by Crippen LogP contribution is 2.19. The van der Waals surface area contributed by atoms with Crippen LogP contribution in [0.1, 0.15) is 51.0 Å². The van der Waals surface area contributed by atoms with E-state index in [0.717, 1.165) is 13.2 Å². The lowest BCUT2D eigenvalue weighted by atomic mass is 9.99. The molecule has 112 valence electrons. The Morgan fingerprint density at radius 1 is 1.25 bits per heavy atom. The van der Waals surface area contributed by atoms with Gasteiger partial charge in [-0.1, -0.05) is 37.3 Å². The third-order valence-corrected chi connectivity index (χ3v) is 4.22. The lowest BCUT2D eigenvalue weighted by molar-refractivity contribution is 0.101. The van der Waals surface area contributed by atoms with Gasteiger partial charge < -0.3 is 10.1 Å². The standard InChI is InChI=1S/C18H29NO/c1-2-19-17(10-6-11-18-12-7-15-20-18)14-13-16-8-4-3-5-9-16/h3-5,8-9,17-19H,2,6-7,10-15H2,1H3. The van der Waals surface area contributed by atoms with Gasteiger partial charge in [0.1, 0.15) is 0 Å². The number of nitrogens with one attached hydrogen (secondary N) is 1. The van der Waals surface area contributed by atoms with Crippen molar-refractivity contribution >= 4 is 0 Å². The molecule has 0 amide bonds. The van der Waals surface area contributed by atoms with Crippen molar-refractivity contribution in [3.63, 3.8) is 0 Å². The smallest absolute Gasteiger partial charge is 0.0576 e. The zero-order valence-corrected chi connectivity index (χ0v) is 12.8. The maximum atomic E-state index is 5.70. The molecule has 0 radical (unpaired) electrons. The Hall–Kier alpha value is -0.860. The van der Waals surface area contributed by atoms with E-state index < -0.39 is 0 Å². The quantitative estimate of drug-likeness (QED) is 0.737. The molecule has 0 spiro atoms. The van der Waals surface area contributed by atoms with Crippen molar-refractivity contribution in [3.8, 4) is 0 Å². The summed E-state index contributed by atoms with van der Waals surface area (Å²) in [5.41, 5.74) is 1.45. The molecule has 1 heterocycles. The van der Waals surface area contributed by atoms with Crippen LogP contribution in [0.3, 0.4) is 0 Å². The summed E-state index contributed by atoms with van der Waals surface area (Å²) in [4.78, 5) is 0. The van der Waals surface area contributed by atoms with Crippen molar-refractivity contribution in [2.24, 2.45) is 0 Å². The van der Waals surface area contributed by atoms with E-state index in [-0.39, 0.29) is 0 Å². The maximum absolute atomic E-state index is 5.70. The molecular formula is C18H29NO. The van der Waals surface area contributed by atoms with E-state index >= 15 is 0 Å². The molecule has 1 aromatic carbocycles. The lowest BCUT2D eigenvalue weighted by Gasteiger charge is -2.19. The molecule has 0 aliphatic carbocycles. The Bertz CT molecular complexity index is 346. The largest absolute Gasteiger partial charge is 0.378 e. The van der Waals surface area contributed by atoms with Crippen molar-refractivity contribution in [2.75, 3.05) is 13.2 Å². The summed E-state index contributed by atoms with van der Waals surface area (Å²) >= 11 is 0. The van der Waals surface area contributed by atoms with E-state index in [1.54, 1.807) is 0 Å². The molecule has 1 saturated heterocycles. The minimum absolute atomic E-state index is 0.548. The van der Waals surface area contributed by atoms with Gasteiger partial charge in [-0.25, -0.2) is 0 Å². The van der Waals surface area contributed by atoms with E-state index in [4.69, 9.17) is 4.74 Å². The van der Waals surface area contributed by atoms with Crippen molar-refractivity contribution in [3.05, 3.63) is 35.9 Å². The molecule has 0 saturated carbocycles. The van der Waals surface area contributed by atoms with E-state index in [1.807, 2.05) is 0 Å². The molecule has 1 N–H and O–H groups in total. The maximum Gasteiger partial charge on any atom is 0.0576 e. The molecule has 1 aliphatic rings. The number of hydrogen-bond acceptors (Lipinski definition) is 2. The average molecular weight is 275 g/mol. The topological polar surface area (TPSA) is 21.3 Å². The van der Waals surface area contributed by atoms with Crippen LogP contribution in [0, 0.1) is 0 Å². The van der Waals surface area contributed by atoms with Gasteiger partial charge in [0, 0.05) is 12.6 Å². The van der Waals surface area contributed by atoms with Gasteiger partial charge in [0.15, 0.2) is 0 Å². The Morgan fingerprint density at radius 2 is 2.10 bits per heavy atom. The van der Waals surface area contributed by atoms with Crippen molar-refractivity contribution in [1.29, 1.82) is 0 Å². The summed E-state index contributed by atoms with van der Waals surface area (Å²) in [6.45, 7) is 4.25. The van der Waals surface area contributed by atoms with Crippen LogP contribution >= 0.6 is 0 Å². The average Bonchev–Trinajstić information content (AvgIpc) is 2.99. The third kappa shape index (κ3) is 5.64. The Labute approximate surface area is 123 Å². The number of ether oxygens (including phenoxy) is 1. The van der Waals surface area contributed by atoms with Crippen molar-refractivity contribution < 1.29 is 4.74 Å². The summed E-state index contributed by atoms with van der Waals surface area (Å²) in [7, 11) is 0. The zero-order chi connectivity index (χ0) is 14.0. The molecule has 1 aromatic rings. The van der Waals surface area contributed by atoms with Crippen LogP contribution < -0.4 is 5.32 Å². The Morgan fingerprint density at radius 3 is 2.80 bits per heavy atom. The molecule has 2 heteroatoms. The highest BCUT2D eigenvalue weighted by molar-refractivity contribution is 5.14. The number of benzene rings is 1. The molecule has 20 heavy (non-hydrogen) atoms. The van der Waals surface area contributed by atoms with Gasteiger partial charge in [0.05, 0.1) is 6.10 Å². The Balaban J connectivity index is 1.66. The van der Waals surface area contributed by atoms with Crippen LogP contribution in [0.5, 0.6) is 0 Å². The molecule has 1 aliphatic heterocycles. The van der Waals surface area contributed by atoms with Crippen molar-refractivity contribution in [2.45, 2.75) is 64.0 Å². The second-order valence-corrected chi connectivity index (χ2v) is 5.84. The van der Waals surface area contributed by atoms with Crippen molar-refractivity contribution in [1.82, 2.24) is 5.32 Å². The second kappa shape index (κ2) is 9.15. The number of aryl methyl sites for hydroxylation is 1. The first-order chi connectivity index (χ1) is 9.88. The van der Waals surface area contributed by atoms with Gasteiger partial charge in [-0.3, -0.25) is 0 Å². The molecule has 0 bridgehead atoms. The fourth-order valence-electron chi connectivity index (χ4n) is 3.09. The van der Waals surface area contributed by atoms with Crippen LogP contribution in [0.25, 0.3) is 0 Å². The van der Waals surface area contributed by atoms with Gasteiger partial charge in [-0.2, -0.15) is 0 Å². The highest BCUT2D eigenvalue weighted by atomic mass is 16.5. The van der Waals surface area contributed by atoms with E-state index in [9.17, 15) is 0 Å². The molecule has 0 aromatic heterocycles. The first-order valence-electron chi connectivity index (χ1n) is 8.27. The summed E-state index contributed by atoms with van der Waals surface area (Å²) < 4.78 is 5.70. The minimum Gasteiger partial charge on any atom is -0.378 e. The first-order valence-corrected chi connectivity index (χ1v) is 8.27. The predicted molar refractivity (Wildman–Crippen MR) is 85.1 cm³/mol. The summed E-state index contributed by atoms with van der Waals surface area (Å²) in [5, 5.41) is 3.64. The molecule has 2 nitrogen and oxygen atoms in total. The monoisotopic (exact) mass is 275 g/mol. The Kier molecular flexibility index (Phi) is 7.10.